The highest BCUT2D eigenvalue weighted by Crippen LogP contribution is 2.50. The van der Waals surface area contributed by atoms with E-state index in [1.807, 2.05) is 13.8 Å². The molecule has 2 rings (SSSR count). The maximum atomic E-state index is 5.59. The van der Waals surface area contributed by atoms with Crippen LogP contribution < -0.4 is 9.64 Å². The van der Waals surface area contributed by atoms with Crippen molar-refractivity contribution < 1.29 is 4.74 Å². The van der Waals surface area contributed by atoms with Gasteiger partial charge in [0.1, 0.15) is 0 Å². The maximum Gasteiger partial charge on any atom is 0.234 e. The van der Waals surface area contributed by atoms with Gasteiger partial charge in [-0.1, -0.05) is 6.92 Å². The summed E-state index contributed by atoms with van der Waals surface area (Å²) in [6, 6.07) is 0.473. The molecule has 1 unspecified atom stereocenters. The Balaban J connectivity index is 2.12. The van der Waals surface area contributed by atoms with Crippen LogP contribution in [0.5, 0.6) is 5.88 Å². The van der Waals surface area contributed by atoms with Crippen LogP contribution in [0.4, 0.5) is 5.82 Å². The Labute approximate surface area is 109 Å². The summed E-state index contributed by atoms with van der Waals surface area (Å²) in [6.07, 6.45) is 6.19. The lowest BCUT2D eigenvalue weighted by Gasteiger charge is -2.30. The van der Waals surface area contributed by atoms with Gasteiger partial charge in [-0.3, -0.25) is 4.98 Å². The van der Waals surface area contributed by atoms with Crippen molar-refractivity contribution in [3.8, 4) is 5.88 Å². The first-order chi connectivity index (χ1) is 8.42. The number of nitrogens with zero attached hydrogens (tertiary/aromatic N) is 3. The van der Waals surface area contributed by atoms with E-state index in [-0.39, 0.29) is 6.10 Å². The van der Waals surface area contributed by atoms with Crippen LogP contribution in [0, 0.1) is 5.41 Å². The van der Waals surface area contributed by atoms with Crippen molar-refractivity contribution >= 4 is 5.82 Å². The van der Waals surface area contributed by atoms with Crippen LogP contribution in [0.25, 0.3) is 0 Å². The third kappa shape index (κ3) is 2.74. The number of hydrogen-bond acceptors (Lipinski definition) is 4. The van der Waals surface area contributed by atoms with E-state index < -0.39 is 0 Å². The zero-order valence-electron chi connectivity index (χ0n) is 12.0. The standard InChI is InChI=1S/C14H23N3O/c1-10(2)18-13-9-15-8-12(16-13)17(5)11(3)14(4)6-7-14/h8-11H,6-7H2,1-5H3. The molecule has 1 atom stereocenters. The highest BCUT2D eigenvalue weighted by molar-refractivity contribution is 5.39. The van der Waals surface area contributed by atoms with Gasteiger partial charge in [-0.2, -0.15) is 4.98 Å². The van der Waals surface area contributed by atoms with Crippen LogP contribution in [0.1, 0.15) is 40.5 Å². The zero-order valence-corrected chi connectivity index (χ0v) is 12.0. The average Bonchev–Trinajstić information content (AvgIpc) is 3.06. The van der Waals surface area contributed by atoms with Gasteiger partial charge in [-0.25, -0.2) is 0 Å². The molecule has 0 aromatic carbocycles. The number of aromatic nitrogens is 2. The van der Waals surface area contributed by atoms with Crippen molar-refractivity contribution in [3.63, 3.8) is 0 Å². The number of hydrogen-bond donors (Lipinski definition) is 0. The molecule has 0 amide bonds. The van der Waals surface area contributed by atoms with Gasteiger partial charge in [0, 0.05) is 13.1 Å². The fourth-order valence-electron chi connectivity index (χ4n) is 2.09. The Bertz CT molecular complexity index is 415. The van der Waals surface area contributed by atoms with Crippen LogP contribution in [-0.4, -0.2) is 29.2 Å². The predicted octanol–water partition coefficient (Wildman–Crippen LogP) is 2.89. The molecular weight excluding hydrogens is 226 g/mol. The molecule has 1 fully saturated rings. The summed E-state index contributed by atoms with van der Waals surface area (Å²) < 4.78 is 5.59. The first kappa shape index (κ1) is 13.1. The van der Waals surface area contributed by atoms with E-state index in [0.29, 0.717) is 17.3 Å². The lowest BCUT2D eigenvalue weighted by Crippen LogP contribution is -2.36. The summed E-state index contributed by atoms with van der Waals surface area (Å²) in [4.78, 5) is 10.9. The summed E-state index contributed by atoms with van der Waals surface area (Å²) >= 11 is 0. The largest absolute Gasteiger partial charge is 0.474 e. The number of ether oxygens (including phenoxy) is 1. The minimum Gasteiger partial charge on any atom is -0.474 e. The summed E-state index contributed by atoms with van der Waals surface area (Å²) in [5.41, 5.74) is 0.436. The first-order valence-corrected chi connectivity index (χ1v) is 6.64. The van der Waals surface area contributed by atoms with Crippen molar-refractivity contribution in [2.75, 3.05) is 11.9 Å². The van der Waals surface area contributed by atoms with Crippen LogP contribution in [-0.2, 0) is 0 Å². The van der Waals surface area contributed by atoms with Gasteiger partial charge in [0.25, 0.3) is 0 Å². The first-order valence-electron chi connectivity index (χ1n) is 6.64. The molecule has 1 aliphatic carbocycles. The van der Waals surface area contributed by atoms with E-state index in [0.717, 1.165) is 5.82 Å². The second-order valence-electron chi connectivity index (χ2n) is 5.82. The second kappa shape index (κ2) is 4.75. The van der Waals surface area contributed by atoms with Gasteiger partial charge in [0.05, 0.1) is 18.5 Å². The predicted molar refractivity (Wildman–Crippen MR) is 73.0 cm³/mol. The van der Waals surface area contributed by atoms with Gasteiger partial charge in [0.15, 0.2) is 5.82 Å². The lowest BCUT2D eigenvalue weighted by molar-refractivity contribution is 0.231. The highest BCUT2D eigenvalue weighted by atomic mass is 16.5. The minimum absolute atomic E-state index is 0.123. The van der Waals surface area contributed by atoms with E-state index in [4.69, 9.17) is 4.74 Å². The van der Waals surface area contributed by atoms with E-state index >= 15 is 0 Å². The molecule has 0 bridgehead atoms. The Hall–Kier alpha value is -1.32. The molecule has 100 valence electrons. The molecule has 0 spiro atoms. The third-order valence-corrected chi connectivity index (χ3v) is 3.95. The van der Waals surface area contributed by atoms with Crippen molar-refractivity contribution in [3.05, 3.63) is 12.4 Å². The summed E-state index contributed by atoms with van der Waals surface area (Å²) in [7, 11) is 2.08. The van der Waals surface area contributed by atoms with E-state index in [1.165, 1.54) is 12.8 Å². The molecule has 0 N–H and O–H groups in total. The molecule has 1 aliphatic rings. The van der Waals surface area contributed by atoms with Crippen molar-refractivity contribution in [2.24, 2.45) is 5.41 Å². The van der Waals surface area contributed by atoms with Crippen LogP contribution in [0.3, 0.4) is 0 Å². The average molecular weight is 249 g/mol. The molecule has 0 aliphatic heterocycles. The van der Waals surface area contributed by atoms with Gasteiger partial charge in [-0.15, -0.1) is 0 Å². The fraction of sp³-hybridized carbons (Fsp3) is 0.714. The molecule has 4 nitrogen and oxygen atoms in total. The minimum atomic E-state index is 0.123. The van der Waals surface area contributed by atoms with Gasteiger partial charge in [0.2, 0.25) is 5.88 Å². The maximum absolute atomic E-state index is 5.59. The van der Waals surface area contributed by atoms with Crippen molar-refractivity contribution in [2.45, 2.75) is 52.7 Å². The molecular formula is C14H23N3O. The SMILES string of the molecule is CC(C)Oc1cncc(N(C)C(C)C2(C)CC2)n1. The van der Waals surface area contributed by atoms with Gasteiger partial charge < -0.3 is 9.64 Å². The molecule has 1 aromatic heterocycles. The topological polar surface area (TPSA) is 38.2 Å². The quantitative estimate of drug-likeness (QED) is 0.804. The highest BCUT2D eigenvalue weighted by Gasteiger charge is 2.44. The van der Waals surface area contributed by atoms with E-state index in [2.05, 4.69) is 35.8 Å². The van der Waals surface area contributed by atoms with Gasteiger partial charge in [-0.05, 0) is 39.0 Å². The fourth-order valence-corrected chi connectivity index (χ4v) is 2.09. The third-order valence-electron chi connectivity index (χ3n) is 3.95. The molecule has 0 radical (unpaired) electrons. The molecule has 4 heteroatoms. The van der Waals surface area contributed by atoms with Crippen molar-refractivity contribution in [1.29, 1.82) is 0 Å². The number of rotatable bonds is 5. The zero-order chi connectivity index (χ0) is 13.3. The Morgan fingerprint density at radius 1 is 1.28 bits per heavy atom. The number of anilines is 1. The Morgan fingerprint density at radius 2 is 1.94 bits per heavy atom. The van der Waals surface area contributed by atoms with Crippen LogP contribution in [0.2, 0.25) is 0 Å². The lowest BCUT2D eigenvalue weighted by atomic mass is 10.00. The van der Waals surface area contributed by atoms with Gasteiger partial charge >= 0.3 is 0 Å². The summed E-state index contributed by atoms with van der Waals surface area (Å²) in [6.45, 7) is 8.57. The van der Waals surface area contributed by atoms with Crippen molar-refractivity contribution in [1.82, 2.24) is 9.97 Å². The Kier molecular flexibility index (Phi) is 3.46. The molecule has 1 heterocycles. The van der Waals surface area contributed by atoms with E-state index in [1.54, 1.807) is 12.4 Å². The molecule has 1 aromatic rings. The molecule has 18 heavy (non-hydrogen) atoms. The molecule has 1 saturated carbocycles. The monoisotopic (exact) mass is 249 g/mol. The smallest absolute Gasteiger partial charge is 0.234 e. The Morgan fingerprint density at radius 3 is 2.50 bits per heavy atom. The second-order valence-corrected chi connectivity index (χ2v) is 5.82. The van der Waals surface area contributed by atoms with E-state index in [9.17, 15) is 0 Å². The summed E-state index contributed by atoms with van der Waals surface area (Å²) in [5, 5.41) is 0. The van der Waals surface area contributed by atoms with Crippen LogP contribution in [0.15, 0.2) is 12.4 Å². The molecule has 0 saturated heterocycles. The summed E-state index contributed by atoms with van der Waals surface area (Å²) in [5.74, 6) is 1.48. The van der Waals surface area contributed by atoms with Crippen LogP contribution >= 0.6 is 0 Å². The normalized spacial score (nSPS) is 18.6.